The number of aromatic nitrogens is 2. The molecule has 0 aliphatic rings. The van der Waals surface area contributed by atoms with E-state index in [-0.39, 0.29) is 0 Å². The van der Waals surface area contributed by atoms with Gasteiger partial charge in [0.05, 0.1) is 6.20 Å². The Balaban J connectivity index is 1.92. The van der Waals surface area contributed by atoms with Crippen molar-refractivity contribution < 1.29 is 4.74 Å². The van der Waals surface area contributed by atoms with Gasteiger partial charge in [-0.05, 0) is 29.8 Å². The number of ether oxygens (including phenoxy) is 1. The summed E-state index contributed by atoms with van der Waals surface area (Å²) in [6, 6.07) is 14.0. The van der Waals surface area contributed by atoms with Crippen LogP contribution >= 0.6 is 11.6 Å². The molecule has 106 valence electrons. The van der Waals surface area contributed by atoms with Crippen LogP contribution in [-0.4, -0.2) is 16.5 Å². The molecule has 5 heteroatoms. The van der Waals surface area contributed by atoms with E-state index in [1.807, 2.05) is 43.3 Å². The van der Waals surface area contributed by atoms with Crippen molar-refractivity contribution in [1.82, 2.24) is 9.97 Å². The lowest BCUT2D eigenvalue weighted by Crippen LogP contribution is -2.02. The maximum Gasteiger partial charge on any atom is 0.243 e. The maximum absolute atomic E-state index is 6.09. The Hall–Kier alpha value is -2.33. The average molecular weight is 300 g/mol. The molecule has 21 heavy (non-hydrogen) atoms. The summed E-state index contributed by atoms with van der Waals surface area (Å²) in [5.41, 5.74) is 0. The van der Waals surface area contributed by atoms with Crippen LogP contribution in [0, 0.1) is 0 Å². The van der Waals surface area contributed by atoms with Gasteiger partial charge in [0.1, 0.15) is 10.8 Å². The molecule has 0 amide bonds. The molecule has 0 saturated carbocycles. The molecule has 0 unspecified atom stereocenters. The van der Waals surface area contributed by atoms with Gasteiger partial charge in [-0.1, -0.05) is 41.9 Å². The standard InChI is InChI=1S/C16H14ClN3O/c1-2-18-16-19-10-14(17)15(20-16)21-13-8-7-11-5-3-4-6-12(11)9-13/h3-10H,2H2,1H3,(H,18,19,20). The van der Waals surface area contributed by atoms with E-state index in [1.165, 1.54) is 6.20 Å². The Morgan fingerprint density at radius 2 is 1.95 bits per heavy atom. The van der Waals surface area contributed by atoms with E-state index in [0.717, 1.165) is 17.3 Å². The molecule has 0 spiro atoms. The zero-order valence-electron chi connectivity index (χ0n) is 11.5. The predicted molar refractivity (Wildman–Crippen MR) is 85.2 cm³/mol. The van der Waals surface area contributed by atoms with Crippen molar-refractivity contribution in [3.05, 3.63) is 53.7 Å². The molecule has 1 N–H and O–H groups in total. The van der Waals surface area contributed by atoms with E-state index in [9.17, 15) is 0 Å². The fraction of sp³-hybridized carbons (Fsp3) is 0.125. The first-order valence-electron chi connectivity index (χ1n) is 6.69. The molecule has 2 aromatic carbocycles. The van der Waals surface area contributed by atoms with Gasteiger partial charge in [-0.25, -0.2) is 4.98 Å². The Morgan fingerprint density at radius 1 is 1.14 bits per heavy atom. The third kappa shape index (κ3) is 3.06. The van der Waals surface area contributed by atoms with E-state index in [0.29, 0.717) is 22.6 Å². The Labute approximate surface area is 127 Å². The summed E-state index contributed by atoms with van der Waals surface area (Å²) in [6.45, 7) is 2.71. The summed E-state index contributed by atoms with van der Waals surface area (Å²) in [7, 11) is 0. The predicted octanol–water partition coefficient (Wildman–Crippen LogP) is 4.51. The third-order valence-corrected chi connectivity index (χ3v) is 3.24. The van der Waals surface area contributed by atoms with Gasteiger partial charge in [-0.3, -0.25) is 0 Å². The zero-order valence-corrected chi connectivity index (χ0v) is 12.3. The van der Waals surface area contributed by atoms with Crippen molar-refractivity contribution in [2.75, 3.05) is 11.9 Å². The lowest BCUT2D eigenvalue weighted by atomic mass is 10.1. The van der Waals surface area contributed by atoms with Crippen molar-refractivity contribution >= 4 is 28.3 Å². The number of nitrogens with zero attached hydrogens (tertiary/aromatic N) is 2. The van der Waals surface area contributed by atoms with Crippen molar-refractivity contribution in [3.63, 3.8) is 0 Å². The molecule has 1 aromatic heterocycles. The van der Waals surface area contributed by atoms with E-state index >= 15 is 0 Å². The van der Waals surface area contributed by atoms with Crippen molar-refractivity contribution in [2.24, 2.45) is 0 Å². The lowest BCUT2D eigenvalue weighted by molar-refractivity contribution is 0.463. The van der Waals surface area contributed by atoms with Crippen LogP contribution in [0.5, 0.6) is 11.6 Å². The number of nitrogens with one attached hydrogen (secondary N) is 1. The highest BCUT2D eigenvalue weighted by Crippen LogP contribution is 2.29. The number of fused-ring (bicyclic) bond motifs is 1. The van der Waals surface area contributed by atoms with Crippen LogP contribution in [0.25, 0.3) is 10.8 Å². The zero-order chi connectivity index (χ0) is 14.7. The molecular weight excluding hydrogens is 286 g/mol. The largest absolute Gasteiger partial charge is 0.437 e. The number of hydrogen-bond donors (Lipinski definition) is 1. The minimum Gasteiger partial charge on any atom is -0.437 e. The van der Waals surface area contributed by atoms with Gasteiger partial charge in [0.2, 0.25) is 11.8 Å². The summed E-state index contributed by atoms with van der Waals surface area (Å²) < 4.78 is 5.78. The highest BCUT2D eigenvalue weighted by Gasteiger charge is 2.08. The monoisotopic (exact) mass is 299 g/mol. The number of anilines is 1. The molecule has 3 aromatic rings. The van der Waals surface area contributed by atoms with Crippen molar-refractivity contribution in [2.45, 2.75) is 6.92 Å². The Morgan fingerprint density at radius 3 is 2.76 bits per heavy atom. The second-order valence-corrected chi connectivity index (χ2v) is 4.90. The average Bonchev–Trinajstić information content (AvgIpc) is 2.51. The molecule has 0 aliphatic carbocycles. The normalized spacial score (nSPS) is 10.6. The van der Waals surface area contributed by atoms with Crippen LogP contribution in [0.4, 0.5) is 5.95 Å². The fourth-order valence-corrected chi connectivity index (χ4v) is 2.14. The van der Waals surface area contributed by atoms with E-state index in [4.69, 9.17) is 16.3 Å². The first-order chi connectivity index (χ1) is 10.3. The quantitative estimate of drug-likeness (QED) is 0.770. The first kappa shape index (κ1) is 13.6. The highest BCUT2D eigenvalue weighted by molar-refractivity contribution is 6.31. The minimum absolute atomic E-state index is 0.345. The van der Waals surface area contributed by atoms with Gasteiger partial charge in [0.15, 0.2) is 0 Å². The van der Waals surface area contributed by atoms with E-state index in [2.05, 4.69) is 21.4 Å². The Kier molecular flexibility index (Phi) is 3.88. The van der Waals surface area contributed by atoms with Crippen molar-refractivity contribution in [1.29, 1.82) is 0 Å². The molecule has 1 heterocycles. The topological polar surface area (TPSA) is 47.0 Å². The van der Waals surface area contributed by atoms with Gasteiger partial charge in [-0.2, -0.15) is 4.98 Å². The van der Waals surface area contributed by atoms with Crippen LogP contribution in [0.2, 0.25) is 5.02 Å². The molecule has 0 radical (unpaired) electrons. The maximum atomic E-state index is 6.09. The van der Waals surface area contributed by atoms with Crippen LogP contribution < -0.4 is 10.1 Å². The molecule has 0 saturated heterocycles. The smallest absolute Gasteiger partial charge is 0.243 e. The molecule has 0 aliphatic heterocycles. The highest BCUT2D eigenvalue weighted by atomic mass is 35.5. The number of rotatable bonds is 4. The van der Waals surface area contributed by atoms with Gasteiger partial charge in [0.25, 0.3) is 0 Å². The molecule has 0 bridgehead atoms. The summed E-state index contributed by atoms with van der Waals surface area (Å²) in [5.74, 6) is 1.53. The molecule has 3 rings (SSSR count). The second kappa shape index (κ2) is 5.97. The first-order valence-corrected chi connectivity index (χ1v) is 7.07. The summed E-state index contributed by atoms with van der Waals surface area (Å²) in [4.78, 5) is 8.35. The Bertz CT molecular complexity index is 776. The third-order valence-electron chi connectivity index (χ3n) is 2.98. The molecule has 0 atom stereocenters. The van der Waals surface area contributed by atoms with Crippen molar-refractivity contribution in [3.8, 4) is 11.6 Å². The summed E-state index contributed by atoms with van der Waals surface area (Å²) >= 11 is 6.09. The molecule has 4 nitrogen and oxygen atoms in total. The van der Waals surface area contributed by atoms with Gasteiger partial charge >= 0.3 is 0 Å². The molecular formula is C16H14ClN3O. The fourth-order valence-electron chi connectivity index (χ4n) is 2.01. The second-order valence-electron chi connectivity index (χ2n) is 4.49. The van der Waals surface area contributed by atoms with Gasteiger partial charge in [0, 0.05) is 6.54 Å². The SMILES string of the molecule is CCNc1ncc(Cl)c(Oc2ccc3ccccc3c2)n1. The van der Waals surface area contributed by atoms with Crippen LogP contribution in [0.3, 0.4) is 0 Å². The number of hydrogen-bond acceptors (Lipinski definition) is 4. The van der Waals surface area contributed by atoms with Crippen LogP contribution in [0.1, 0.15) is 6.92 Å². The minimum atomic E-state index is 0.345. The van der Waals surface area contributed by atoms with Crippen LogP contribution in [-0.2, 0) is 0 Å². The van der Waals surface area contributed by atoms with E-state index < -0.39 is 0 Å². The number of benzene rings is 2. The van der Waals surface area contributed by atoms with Gasteiger partial charge in [-0.15, -0.1) is 0 Å². The van der Waals surface area contributed by atoms with Gasteiger partial charge < -0.3 is 10.1 Å². The van der Waals surface area contributed by atoms with Crippen LogP contribution in [0.15, 0.2) is 48.7 Å². The summed E-state index contributed by atoms with van der Waals surface area (Å²) in [6.07, 6.45) is 1.53. The summed E-state index contributed by atoms with van der Waals surface area (Å²) in [5, 5.41) is 5.67. The number of halogens is 1. The molecule has 0 fully saturated rings. The van der Waals surface area contributed by atoms with E-state index in [1.54, 1.807) is 0 Å². The lowest BCUT2D eigenvalue weighted by Gasteiger charge is -2.09.